The normalized spacial score (nSPS) is 10.7. The predicted octanol–water partition coefficient (Wildman–Crippen LogP) is 3.65. The molecule has 10 nitrogen and oxygen atoms in total. The Morgan fingerprint density at radius 2 is 1.97 bits per heavy atom. The Labute approximate surface area is 219 Å². The quantitative estimate of drug-likeness (QED) is 0.350. The van der Waals surface area contributed by atoms with Gasteiger partial charge in [0.15, 0.2) is 5.65 Å². The molecule has 1 N–H and O–H groups in total. The highest BCUT2D eigenvalue weighted by atomic mass is 16.5. The first-order valence-electron chi connectivity index (χ1n) is 11.7. The first-order chi connectivity index (χ1) is 18.4. The molecule has 0 atom stereocenters. The lowest BCUT2D eigenvalue weighted by Crippen LogP contribution is -2.24. The van der Waals surface area contributed by atoms with E-state index in [1.807, 2.05) is 62.3 Å². The molecule has 1 amide bonds. The van der Waals surface area contributed by atoms with E-state index in [9.17, 15) is 4.79 Å². The molecule has 188 valence electrons. The summed E-state index contributed by atoms with van der Waals surface area (Å²) < 4.78 is 7.61. The number of rotatable bonds is 6. The van der Waals surface area contributed by atoms with Crippen molar-refractivity contribution in [1.29, 1.82) is 0 Å². The van der Waals surface area contributed by atoms with Crippen molar-refractivity contribution in [2.45, 2.75) is 6.92 Å². The molecule has 2 aromatic carbocycles. The van der Waals surface area contributed by atoms with Gasteiger partial charge in [0, 0.05) is 36.1 Å². The molecule has 0 saturated heterocycles. The van der Waals surface area contributed by atoms with Crippen molar-refractivity contribution in [3.63, 3.8) is 0 Å². The van der Waals surface area contributed by atoms with Gasteiger partial charge < -0.3 is 15.0 Å². The van der Waals surface area contributed by atoms with Crippen LogP contribution < -0.4 is 15.0 Å². The minimum atomic E-state index is -0.290. The molecule has 38 heavy (non-hydrogen) atoms. The predicted molar refractivity (Wildman–Crippen MR) is 144 cm³/mol. The van der Waals surface area contributed by atoms with E-state index < -0.39 is 0 Å². The second-order valence-electron chi connectivity index (χ2n) is 8.83. The summed E-state index contributed by atoms with van der Waals surface area (Å²) in [5, 5.41) is 4.13. The number of amides is 1. The molecule has 0 spiro atoms. The number of nitrogens with zero attached hydrogens (tertiary/aromatic N) is 7. The maximum Gasteiger partial charge on any atom is 0.302 e. The van der Waals surface area contributed by atoms with Crippen LogP contribution in [0.3, 0.4) is 0 Å². The number of benzene rings is 2. The Morgan fingerprint density at radius 3 is 2.79 bits per heavy atom. The van der Waals surface area contributed by atoms with Crippen molar-refractivity contribution in [3.8, 4) is 23.5 Å². The van der Waals surface area contributed by atoms with Crippen LogP contribution in [-0.4, -0.2) is 62.8 Å². The summed E-state index contributed by atoms with van der Waals surface area (Å²) in [5.41, 5.74) is 3.81. The van der Waals surface area contributed by atoms with E-state index in [1.54, 1.807) is 23.8 Å². The molecule has 5 rings (SSSR count). The lowest BCUT2D eigenvalue weighted by molar-refractivity contribution is -0.113. The molecule has 0 aliphatic carbocycles. The van der Waals surface area contributed by atoms with Crippen LogP contribution in [0.5, 0.6) is 11.6 Å². The number of ether oxygens (including phenoxy) is 1. The molecule has 0 aliphatic rings. The van der Waals surface area contributed by atoms with Crippen molar-refractivity contribution >= 4 is 39.6 Å². The highest BCUT2D eigenvalue weighted by Crippen LogP contribution is 2.30. The zero-order valence-electron chi connectivity index (χ0n) is 21.4. The van der Waals surface area contributed by atoms with E-state index in [1.165, 1.54) is 11.2 Å². The average Bonchev–Trinajstić information content (AvgIpc) is 3.37. The number of fused-ring (bicyclic) bond motifs is 2. The molecule has 3 aromatic heterocycles. The SMILES string of the molecule is Cc1cc(Nc2ncnc3ccc(N(C)C(=O)C#CCN(C)C)cc23)ccc1Oc1cc2nc#cn2cn1. The first kappa shape index (κ1) is 24.5. The Morgan fingerprint density at radius 1 is 1.11 bits per heavy atom. The summed E-state index contributed by atoms with van der Waals surface area (Å²) in [5.74, 6) is 6.96. The topological polar surface area (TPSA) is 101 Å². The van der Waals surface area contributed by atoms with Crippen molar-refractivity contribution in [2.24, 2.45) is 0 Å². The van der Waals surface area contributed by atoms with E-state index in [2.05, 4.69) is 49.5 Å². The van der Waals surface area contributed by atoms with Gasteiger partial charge in [0.25, 0.3) is 0 Å². The standard InChI is InChI=1S/C28H24N8O2/c1-19-14-20(7-10-24(19)38-26-16-25-29-11-13-36(25)18-32-26)33-28-22-15-21(8-9-23(22)30-17-31-28)35(4)27(37)6-5-12-34(2)3/h7-10,14-18H,12H2,1-4H3,(H,30,31,33). The van der Waals surface area contributed by atoms with E-state index in [0.29, 0.717) is 35.3 Å². The molecule has 0 aliphatic heterocycles. The lowest BCUT2D eigenvalue weighted by Gasteiger charge is -2.16. The zero-order valence-corrected chi connectivity index (χ0v) is 21.4. The van der Waals surface area contributed by atoms with Gasteiger partial charge in [-0.1, -0.05) is 5.92 Å². The van der Waals surface area contributed by atoms with Gasteiger partial charge in [0.1, 0.15) is 24.2 Å². The summed E-state index contributed by atoms with van der Waals surface area (Å²) in [4.78, 5) is 33.1. The maximum absolute atomic E-state index is 12.6. The highest BCUT2D eigenvalue weighted by molar-refractivity contribution is 6.06. The summed E-state index contributed by atoms with van der Waals surface area (Å²) in [6.07, 6.45) is 8.55. The second kappa shape index (κ2) is 10.4. The van der Waals surface area contributed by atoms with E-state index in [-0.39, 0.29) is 5.91 Å². The van der Waals surface area contributed by atoms with Crippen molar-refractivity contribution in [2.75, 3.05) is 37.9 Å². The molecule has 0 saturated carbocycles. The summed E-state index contributed by atoms with van der Waals surface area (Å²) >= 11 is 0. The number of hydrogen-bond donors (Lipinski definition) is 1. The smallest absolute Gasteiger partial charge is 0.302 e. The van der Waals surface area contributed by atoms with Crippen molar-refractivity contribution in [3.05, 3.63) is 73.1 Å². The van der Waals surface area contributed by atoms with Crippen LogP contribution in [0.4, 0.5) is 17.2 Å². The Bertz CT molecular complexity index is 1700. The summed E-state index contributed by atoms with van der Waals surface area (Å²) in [6.45, 7) is 2.46. The van der Waals surface area contributed by atoms with Crippen LogP contribution in [0.1, 0.15) is 5.56 Å². The summed E-state index contributed by atoms with van der Waals surface area (Å²) in [7, 11) is 5.50. The second-order valence-corrected chi connectivity index (χ2v) is 8.83. The first-order valence-corrected chi connectivity index (χ1v) is 11.7. The molecule has 10 heteroatoms. The van der Waals surface area contributed by atoms with Gasteiger partial charge in [-0.05, 0) is 68.9 Å². The van der Waals surface area contributed by atoms with Gasteiger partial charge in [-0.3, -0.25) is 9.69 Å². The monoisotopic (exact) mass is 504 g/mol. The van der Waals surface area contributed by atoms with Crippen LogP contribution in [-0.2, 0) is 4.79 Å². The van der Waals surface area contributed by atoms with E-state index in [4.69, 9.17) is 4.74 Å². The van der Waals surface area contributed by atoms with Gasteiger partial charge >= 0.3 is 5.91 Å². The number of aromatic nitrogens is 5. The largest absolute Gasteiger partial charge is 0.439 e. The van der Waals surface area contributed by atoms with Gasteiger partial charge in [-0.2, -0.15) is 4.98 Å². The van der Waals surface area contributed by atoms with Gasteiger partial charge in [0.05, 0.1) is 18.3 Å². The van der Waals surface area contributed by atoms with Crippen LogP contribution >= 0.6 is 0 Å². The van der Waals surface area contributed by atoms with Gasteiger partial charge in [-0.15, -0.1) is 0 Å². The van der Waals surface area contributed by atoms with Crippen molar-refractivity contribution < 1.29 is 9.53 Å². The fourth-order valence-electron chi connectivity index (χ4n) is 3.67. The molecule has 0 bridgehead atoms. The Hall–Kier alpha value is -5.19. The number of anilines is 3. The zero-order chi connectivity index (χ0) is 26.6. The number of carbonyl (C=O) groups excluding carboxylic acids is 1. The third-order valence-electron chi connectivity index (χ3n) is 5.69. The molecule has 0 unspecified atom stereocenters. The minimum absolute atomic E-state index is 0.290. The number of nitrogens with one attached hydrogen (secondary N) is 1. The molecule has 0 radical (unpaired) electrons. The van der Waals surface area contributed by atoms with Crippen LogP contribution in [0.25, 0.3) is 16.6 Å². The van der Waals surface area contributed by atoms with Crippen molar-refractivity contribution in [1.82, 2.24) is 29.2 Å². The van der Waals surface area contributed by atoms with Crippen LogP contribution in [0.2, 0.25) is 0 Å². The number of hydrogen-bond acceptors (Lipinski definition) is 8. The lowest BCUT2D eigenvalue weighted by atomic mass is 10.1. The molecular weight excluding hydrogens is 480 g/mol. The van der Waals surface area contributed by atoms with Crippen LogP contribution in [0.15, 0.2) is 55.1 Å². The molecule has 3 heterocycles. The van der Waals surface area contributed by atoms with Crippen LogP contribution in [0, 0.1) is 31.2 Å². The number of carbonyl (C=O) groups is 1. The van der Waals surface area contributed by atoms with E-state index in [0.717, 1.165) is 22.2 Å². The summed E-state index contributed by atoms with van der Waals surface area (Å²) in [6, 6.07) is 13.0. The Balaban J connectivity index is 1.36. The molecular formula is C28H24N8O2. The average molecular weight is 505 g/mol. The molecule has 0 fully saturated rings. The van der Waals surface area contributed by atoms with E-state index >= 15 is 0 Å². The fourth-order valence-corrected chi connectivity index (χ4v) is 3.67. The Kier molecular flexibility index (Phi) is 6.72. The fraction of sp³-hybridized carbons (Fsp3) is 0.179. The minimum Gasteiger partial charge on any atom is -0.439 e. The van der Waals surface area contributed by atoms with Gasteiger partial charge in [-0.25, -0.2) is 19.4 Å². The molecule has 5 aromatic rings. The number of aryl methyl sites for hydroxylation is 1. The third-order valence-corrected chi connectivity index (χ3v) is 5.69. The maximum atomic E-state index is 12.6. The van der Waals surface area contributed by atoms with Gasteiger partial charge in [0.2, 0.25) is 5.88 Å². The highest BCUT2D eigenvalue weighted by Gasteiger charge is 2.12. The third kappa shape index (κ3) is 5.31.